The molecule has 0 N–H and O–H groups in total. The minimum atomic E-state index is -0.915. The highest BCUT2D eigenvalue weighted by molar-refractivity contribution is 6.33. The van der Waals surface area contributed by atoms with Gasteiger partial charge in [0.1, 0.15) is 6.17 Å². The maximum Gasteiger partial charge on any atom is 0.127 e. The Labute approximate surface area is 122 Å². The van der Waals surface area contributed by atoms with Crippen molar-refractivity contribution in [3.05, 3.63) is 58.6 Å². The van der Waals surface area contributed by atoms with E-state index in [-0.39, 0.29) is 0 Å². The average molecular weight is 285 g/mol. The Morgan fingerprint density at radius 2 is 1.85 bits per heavy atom. The van der Waals surface area contributed by atoms with Crippen molar-refractivity contribution in [2.45, 2.75) is 25.4 Å². The van der Waals surface area contributed by atoms with Crippen LogP contribution in [0.3, 0.4) is 0 Å². The maximum absolute atomic E-state index is 14.2. The second-order valence-corrected chi connectivity index (χ2v) is 5.90. The minimum Gasteiger partial charge on any atom is -0.242 e. The molecule has 100 valence electrons. The monoisotopic (exact) mass is 284 g/mol. The van der Waals surface area contributed by atoms with Crippen molar-refractivity contribution in [3.63, 3.8) is 0 Å². The fourth-order valence-corrected chi connectivity index (χ4v) is 3.76. The highest BCUT2D eigenvalue weighted by Gasteiger charge is 2.24. The number of alkyl halides is 1. The Hall–Kier alpha value is -1.60. The Kier molecular flexibility index (Phi) is 2.71. The smallest absolute Gasteiger partial charge is 0.127 e. The summed E-state index contributed by atoms with van der Waals surface area (Å²) in [7, 11) is 0. The van der Waals surface area contributed by atoms with Crippen LogP contribution in [-0.2, 0) is 6.42 Å². The first-order valence-corrected chi connectivity index (χ1v) is 7.40. The van der Waals surface area contributed by atoms with Gasteiger partial charge < -0.3 is 0 Å². The van der Waals surface area contributed by atoms with Gasteiger partial charge in [0, 0.05) is 10.6 Å². The Balaban J connectivity index is 2.17. The van der Waals surface area contributed by atoms with E-state index in [9.17, 15) is 4.39 Å². The van der Waals surface area contributed by atoms with Crippen molar-refractivity contribution in [3.8, 4) is 0 Å². The molecule has 1 atom stereocenters. The molecule has 0 saturated heterocycles. The molecule has 0 bridgehead atoms. The van der Waals surface area contributed by atoms with Crippen LogP contribution in [0.15, 0.2) is 42.5 Å². The van der Waals surface area contributed by atoms with Crippen molar-refractivity contribution in [1.82, 2.24) is 0 Å². The van der Waals surface area contributed by atoms with Gasteiger partial charge in [-0.1, -0.05) is 48.0 Å². The van der Waals surface area contributed by atoms with Crippen molar-refractivity contribution >= 4 is 33.1 Å². The SMILES string of the molecule is FC1CCCc2c1c(Cl)cc1c2ccc2ccccc21. The fraction of sp³-hybridized carbons (Fsp3) is 0.222. The molecule has 20 heavy (non-hydrogen) atoms. The molecule has 4 rings (SSSR count). The van der Waals surface area contributed by atoms with Gasteiger partial charge in [-0.25, -0.2) is 4.39 Å². The summed E-state index contributed by atoms with van der Waals surface area (Å²) >= 11 is 6.38. The highest BCUT2D eigenvalue weighted by atomic mass is 35.5. The highest BCUT2D eigenvalue weighted by Crippen LogP contribution is 2.42. The lowest BCUT2D eigenvalue weighted by molar-refractivity contribution is 0.303. The van der Waals surface area contributed by atoms with E-state index in [1.54, 1.807) is 0 Å². The number of hydrogen-bond acceptors (Lipinski definition) is 0. The average Bonchev–Trinajstić information content (AvgIpc) is 2.47. The molecular formula is C18H14ClF. The molecule has 0 aromatic heterocycles. The summed E-state index contributed by atoms with van der Waals surface area (Å²) in [6, 6.07) is 14.4. The number of aryl methyl sites for hydroxylation is 1. The summed E-state index contributed by atoms with van der Waals surface area (Å²) in [6.45, 7) is 0. The summed E-state index contributed by atoms with van der Waals surface area (Å²) in [5.74, 6) is 0. The lowest BCUT2D eigenvalue weighted by Gasteiger charge is -2.23. The van der Waals surface area contributed by atoms with Gasteiger partial charge in [0.2, 0.25) is 0 Å². The van der Waals surface area contributed by atoms with E-state index in [0.717, 1.165) is 34.7 Å². The van der Waals surface area contributed by atoms with Crippen LogP contribution in [-0.4, -0.2) is 0 Å². The normalized spacial score (nSPS) is 18.4. The lowest BCUT2D eigenvalue weighted by atomic mass is 9.85. The van der Waals surface area contributed by atoms with Crippen LogP contribution < -0.4 is 0 Å². The molecule has 2 heteroatoms. The molecule has 3 aromatic rings. The van der Waals surface area contributed by atoms with Crippen LogP contribution in [0.4, 0.5) is 4.39 Å². The molecule has 0 saturated carbocycles. The molecule has 0 spiro atoms. The number of benzene rings is 3. The molecule has 0 fully saturated rings. The number of hydrogen-bond donors (Lipinski definition) is 0. The molecule has 0 nitrogen and oxygen atoms in total. The van der Waals surface area contributed by atoms with Crippen molar-refractivity contribution < 1.29 is 4.39 Å². The standard InChI is InChI=1S/C18H14ClF/c19-16-10-15-12-5-2-1-4-11(12)8-9-13(15)14-6-3-7-17(20)18(14)16/h1-2,4-5,8-10,17H,3,6-7H2. The molecule has 0 heterocycles. The van der Waals surface area contributed by atoms with Crippen LogP contribution in [0, 0.1) is 0 Å². The zero-order valence-corrected chi connectivity index (χ0v) is 11.8. The minimum absolute atomic E-state index is 0.580. The Morgan fingerprint density at radius 3 is 2.75 bits per heavy atom. The van der Waals surface area contributed by atoms with E-state index in [1.807, 2.05) is 18.2 Å². The van der Waals surface area contributed by atoms with Gasteiger partial charge in [-0.2, -0.15) is 0 Å². The Morgan fingerprint density at radius 1 is 1.00 bits per heavy atom. The molecular weight excluding hydrogens is 271 g/mol. The van der Waals surface area contributed by atoms with Crippen LogP contribution in [0.5, 0.6) is 0 Å². The van der Waals surface area contributed by atoms with Crippen LogP contribution in [0.1, 0.15) is 30.1 Å². The van der Waals surface area contributed by atoms with E-state index in [1.165, 1.54) is 10.8 Å². The molecule has 1 unspecified atom stereocenters. The molecule has 3 aromatic carbocycles. The van der Waals surface area contributed by atoms with Gasteiger partial charge >= 0.3 is 0 Å². The van der Waals surface area contributed by atoms with E-state index >= 15 is 0 Å². The van der Waals surface area contributed by atoms with Gasteiger partial charge in [0.15, 0.2) is 0 Å². The first-order valence-electron chi connectivity index (χ1n) is 7.02. The zero-order chi connectivity index (χ0) is 13.7. The summed E-state index contributed by atoms with van der Waals surface area (Å²) in [4.78, 5) is 0. The number of rotatable bonds is 0. The largest absolute Gasteiger partial charge is 0.242 e. The quantitative estimate of drug-likeness (QED) is 0.445. The second kappa shape index (κ2) is 4.46. The molecule has 0 amide bonds. The van der Waals surface area contributed by atoms with Gasteiger partial charge in [-0.05, 0) is 52.4 Å². The third-order valence-corrected chi connectivity index (χ3v) is 4.66. The predicted molar refractivity (Wildman–Crippen MR) is 83.3 cm³/mol. The van der Waals surface area contributed by atoms with Gasteiger partial charge in [0.25, 0.3) is 0 Å². The molecule has 0 radical (unpaired) electrons. The molecule has 1 aliphatic carbocycles. The van der Waals surface area contributed by atoms with Crippen molar-refractivity contribution in [1.29, 1.82) is 0 Å². The first-order chi connectivity index (χ1) is 9.75. The topological polar surface area (TPSA) is 0 Å². The lowest BCUT2D eigenvalue weighted by Crippen LogP contribution is -2.07. The van der Waals surface area contributed by atoms with E-state index in [0.29, 0.717) is 11.4 Å². The fourth-order valence-electron chi connectivity index (χ4n) is 3.42. The maximum atomic E-state index is 14.2. The summed E-state index contributed by atoms with van der Waals surface area (Å²) in [5, 5.41) is 5.27. The van der Waals surface area contributed by atoms with Crippen LogP contribution in [0.2, 0.25) is 5.02 Å². The van der Waals surface area contributed by atoms with Crippen molar-refractivity contribution in [2.75, 3.05) is 0 Å². The van der Waals surface area contributed by atoms with E-state index < -0.39 is 6.17 Å². The first kappa shape index (κ1) is 12.2. The van der Waals surface area contributed by atoms with Gasteiger partial charge in [0.05, 0.1) is 0 Å². The second-order valence-electron chi connectivity index (χ2n) is 5.49. The summed E-state index contributed by atoms with van der Waals surface area (Å²) in [6.07, 6.45) is 1.50. The third kappa shape index (κ3) is 1.66. The van der Waals surface area contributed by atoms with E-state index in [4.69, 9.17) is 11.6 Å². The van der Waals surface area contributed by atoms with Gasteiger partial charge in [-0.15, -0.1) is 0 Å². The summed E-state index contributed by atoms with van der Waals surface area (Å²) in [5.41, 5.74) is 1.83. The van der Waals surface area contributed by atoms with Crippen LogP contribution in [0.25, 0.3) is 21.5 Å². The van der Waals surface area contributed by atoms with E-state index in [2.05, 4.69) is 24.3 Å². The summed E-state index contributed by atoms with van der Waals surface area (Å²) < 4.78 is 14.2. The molecule has 0 aliphatic heterocycles. The number of halogens is 2. The number of fused-ring (bicyclic) bond motifs is 5. The van der Waals surface area contributed by atoms with Crippen molar-refractivity contribution in [2.24, 2.45) is 0 Å². The van der Waals surface area contributed by atoms with Gasteiger partial charge in [-0.3, -0.25) is 0 Å². The predicted octanol–water partition coefficient (Wildman–Crippen LogP) is 5.99. The molecule has 1 aliphatic rings. The third-order valence-electron chi connectivity index (χ3n) is 4.35. The Bertz CT molecular complexity index is 822. The zero-order valence-electron chi connectivity index (χ0n) is 11.0. The van der Waals surface area contributed by atoms with Crippen LogP contribution >= 0.6 is 11.6 Å².